The van der Waals surface area contributed by atoms with Gasteiger partial charge >= 0.3 is 0 Å². The second-order valence-electron chi connectivity index (χ2n) is 4.49. The summed E-state index contributed by atoms with van der Waals surface area (Å²) < 4.78 is 5.20. The van der Waals surface area contributed by atoms with E-state index < -0.39 is 0 Å². The van der Waals surface area contributed by atoms with Gasteiger partial charge in [0.05, 0.1) is 10.6 Å². The molecule has 3 rings (SSSR count). The molecule has 0 unspecified atom stereocenters. The smallest absolute Gasteiger partial charge is 0.259 e. The zero-order valence-corrected chi connectivity index (χ0v) is 12.3. The van der Waals surface area contributed by atoms with Gasteiger partial charge in [-0.05, 0) is 35.9 Å². The largest absolute Gasteiger partial charge is 0.508 e. The number of hydrogen-bond acceptors (Lipinski definition) is 4. The maximum atomic E-state index is 9.51. The van der Waals surface area contributed by atoms with Gasteiger partial charge in [0.1, 0.15) is 5.75 Å². The van der Waals surface area contributed by atoms with Gasteiger partial charge in [0.2, 0.25) is 0 Å². The number of halogens is 2. The number of phenols is 1. The fourth-order valence-corrected chi connectivity index (χ4v) is 2.35. The molecule has 0 bridgehead atoms. The van der Waals surface area contributed by atoms with Gasteiger partial charge in [-0.3, -0.25) is 0 Å². The van der Waals surface area contributed by atoms with Crippen LogP contribution in [0.15, 0.2) is 47.0 Å². The molecule has 4 nitrogen and oxygen atoms in total. The van der Waals surface area contributed by atoms with Crippen molar-refractivity contribution in [1.82, 2.24) is 10.1 Å². The molecule has 0 amide bonds. The first-order chi connectivity index (χ1) is 10.1. The summed E-state index contributed by atoms with van der Waals surface area (Å²) >= 11 is 12.0. The molecule has 0 saturated carbocycles. The number of hydrogen-bond donors (Lipinski definition) is 1. The Bertz CT molecular complexity index is 787. The van der Waals surface area contributed by atoms with E-state index in [0.717, 1.165) is 5.56 Å². The lowest BCUT2D eigenvalue weighted by Crippen LogP contribution is -1.90. The Morgan fingerprint density at radius 1 is 1.10 bits per heavy atom. The van der Waals surface area contributed by atoms with Crippen LogP contribution < -0.4 is 0 Å². The monoisotopic (exact) mass is 320 g/mol. The SMILES string of the molecule is Oc1ccc(Cl)c(-c2nc(Cc3cccc(Cl)c3)no2)c1. The van der Waals surface area contributed by atoms with E-state index in [2.05, 4.69) is 10.1 Å². The third-order valence-corrected chi connectivity index (χ3v) is 3.46. The molecule has 0 aliphatic carbocycles. The molecule has 1 heterocycles. The molecule has 6 heteroatoms. The van der Waals surface area contributed by atoms with Gasteiger partial charge in [-0.15, -0.1) is 0 Å². The third kappa shape index (κ3) is 3.17. The molecule has 3 aromatic rings. The first kappa shape index (κ1) is 13.9. The van der Waals surface area contributed by atoms with Gasteiger partial charge in [0, 0.05) is 11.4 Å². The van der Waals surface area contributed by atoms with E-state index >= 15 is 0 Å². The minimum atomic E-state index is 0.0870. The van der Waals surface area contributed by atoms with E-state index in [-0.39, 0.29) is 11.6 Å². The van der Waals surface area contributed by atoms with Crippen LogP contribution in [0.2, 0.25) is 10.0 Å². The first-order valence-corrected chi connectivity index (χ1v) is 6.93. The van der Waals surface area contributed by atoms with E-state index in [1.54, 1.807) is 12.1 Å². The number of rotatable bonds is 3. The second kappa shape index (κ2) is 5.76. The van der Waals surface area contributed by atoms with E-state index in [1.807, 2.05) is 18.2 Å². The molecule has 0 aliphatic rings. The third-order valence-electron chi connectivity index (χ3n) is 2.90. The quantitative estimate of drug-likeness (QED) is 0.779. The standard InChI is InChI=1S/C15H10Cl2N2O2/c16-10-3-1-2-9(6-10)7-14-18-15(21-19-14)12-8-11(20)4-5-13(12)17/h1-6,8,20H,7H2. The van der Waals surface area contributed by atoms with E-state index in [9.17, 15) is 5.11 Å². The van der Waals surface area contributed by atoms with E-state index in [1.165, 1.54) is 12.1 Å². The Morgan fingerprint density at radius 3 is 2.76 bits per heavy atom. The topological polar surface area (TPSA) is 59.2 Å². The normalized spacial score (nSPS) is 10.8. The van der Waals surface area contributed by atoms with Crippen molar-refractivity contribution in [2.24, 2.45) is 0 Å². The van der Waals surface area contributed by atoms with Crippen molar-refractivity contribution in [2.75, 3.05) is 0 Å². The molecule has 0 fully saturated rings. The molecule has 0 atom stereocenters. The number of aromatic hydroxyl groups is 1. The zero-order valence-electron chi connectivity index (χ0n) is 10.8. The minimum absolute atomic E-state index is 0.0870. The van der Waals surface area contributed by atoms with Gasteiger partial charge in [0.15, 0.2) is 5.82 Å². The molecule has 0 saturated heterocycles. The van der Waals surface area contributed by atoms with Crippen LogP contribution >= 0.6 is 23.2 Å². The second-order valence-corrected chi connectivity index (χ2v) is 5.33. The Labute approximate surface area is 130 Å². The highest BCUT2D eigenvalue weighted by atomic mass is 35.5. The highest BCUT2D eigenvalue weighted by Crippen LogP contribution is 2.30. The Kier molecular flexibility index (Phi) is 3.82. The summed E-state index contributed by atoms with van der Waals surface area (Å²) in [7, 11) is 0. The van der Waals surface area contributed by atoms with Gasteiger partial charge in [0.25, 0.3) is 5.89 Å². The fraction of sp³-hybridized carbons (Fsp3) is 0.0667. The van der Waals surface area contributed by atoms with E-state index in [4.69, 9.17) is 27.7 Å². The van der Waals surface area contributed by atoms with Gasteiger partial charge < -0.3 is 9.63 Å². The van der Waals surface area contributed by atoms with Crippen molar-refractivity contribution >= 4 is 23.2 Å². The molecule has 1 aromatic heterocycles. The number of benzene rings is 2. The van der Waals surface area contributed by atoms with Crippen LogP contribution in [0, 0.1) is 0 Å². The fourth-order valence-electron chi connectivity index (χ4n) is 1.94. The summed E-state index contributed by atoms with van der Waals surface area (Å²) in [6.07, 6.45) is 0.500. The van der Waals surface area contributed by atoms with Gasteiger partial charge in [-0.25, -0.2) is 0 Å². The molecular formula is C15H10Cl2N2O2. The van der Waals surface area contributed by atoms with E-state index in [0.29, 0.717) is 27.9 Å². The van der Waals surface area contributed by atoms with Crippen molar-refractivity contribution in [1.29, 1.82) is 0 Å². The Morgan fingerprint density at radius 2 is 1.95 bits per heavy atom. The maximum Gasteiger partial charge on any atom is 0.259 e. The van der Waals surface area contributed by atoms with Crippen LogP contribution in [0.4, 0.5) is 0 Å². The molecule has 21 heavy (non-hydrogen) atoms. The molecule has 0 aliphatic heterocycles. The maximum absolute atomic E-state index is 9.51. The molecule has 0 radical (unpaired) electrons. The highest BCUT2D eigenvalue weighted by molar-refractivity contribution is 6.33. The summed E-state index contributed by atoms with van der Waals surface area (Å²) in [6, 6.07) is 12.0. The molecule has 2 aromatic carbocycles. The van der Waals surface area contributed by atoms with Crippen LogP contribution in [0.1, 0.15) is 11.4 Å². The lowest BCUT2D eigenvalue weighted by atomic mass is 10.1. The molecular weight excluding hydrogens is 311 g/mol. The predicted molar refractivity (Wildman–Crippen MR) is 80.7 cm³/mol. The molecule has 1 N–H and O–H groups in total. The summed E-state index contributed by atoms with van der Waals surface area (Å²) in [5.41, 5.74) is 1.48. The van der Waals surface area contributed by atoms with Crippen LogP contribution in [-0.2, 0) is 6.42 Å². The van der Waals surface area contributed by atoms with Crippen LogP contribution in [0.3, 0.4) is 0 Å². The van der Waals surface area contributed by atoms with Gasteiger partial charge in [-0.1, -0.05) is 40.5 Å². The number of aromatic nitrogens is 2. The summed E-state index contributed by atoms with van der Waals surface area (Å²) in [5.74, 6) is 0.878. The number of phenolic OH excluding ortho intramolecular Hbond substituents is 1. The zero-order chi connectivity index (χ0) is 14.8. The average molecular weight is 321 g/mol. The van der Waals surface area contributed by atoms with Crippen molar-refractivity contribution in [3.8, 4) is 17.2 Å². The highest BCUT2D eigenvalue weighted by Gasteiger charge is 2.13. The summed E-state index contributed by atoms with van der Waals surface area (Å²) in [6.45, 7) is 0. The van der Waals surface area contributed by atoms with Crippen molar-refractivity contribution < 1.29 is 9.63 Å². The predicted octanol–water partition coefficient (Wildman–Crippen LogP) is 4.34. The summed E-state index contributed by atoms with van der Waals surface area (Å²) in [5, 5.41) is 14.5. The van der Waals surface area contributed by atoms with Crippen LogP contribution in [-0.4, -0.2) is 15.2 Å². The van der Waals surface area contributed by atoms with Crippen molar-refractivity contribution in [2.45, 2.75) is 6.42 Å². The lowest BCUT2D eigenvalue weighted by molar-refractivity contribution is 0.423. The van der Waals surface area contributed by atoms with Crippen molar-refractivity contribution in [3.63, 3.8) is 0 Å². The first-order valence-electron chi connectivity index (χ1n) is 6.18. The molecule has 106 valence electrons. The minimum Gasteiger partial charge on any atom is -0.508 e. The molecule has 0 spiro atoms. The average Bonchev–Trinajstić information content (AvgIpc) is 2.90. The van der Waals surface area contributed by atoms with Crippen molar-refractivity contribution in [3.05, 3.63) is 63.9 Å². The van der Waals surface area contributed by atoms with Crippen LogP contribution in [0.5, 0.6) is 5.75 Å². The summed E-state index contributed by atoms with van der Waals surface area (Å²) in [4.78, 5) is 4.29. The Balaban J connectivity index is 1.88. The lowest BCUT2D eigenvalue weighted by Gasteiger charge is -1.99. The Hall–Kier alpha value is -2.04. The number of nitrogens with zero attached hydrogens (tertiary/aromatic N) is 2. The van der Waals surface area contributed by atoms with Crippen LogP contribution in [0.25, 0.3) is 11.5 Å². The van der Waals surface area contributed by atoms with Gasteiger partial charge in [-0.2, -0.15) is 4.98 Å².